The first-order valence-electron chi connectivity index (χ1n) is 5.14. The van der Waals surface area contributed by atoms with Gasteiger partial charge in [-0.15, -0.1) is 0 Å². The normalized spacial score (nSPS) is 23.2. The van der Waals surface area contributed by atoms with Crippen LogP contribution in [0.4, 0.5) is 0 Å². The monoisotopic (exact) mass is 172 g/mol. The third-order valence-corrected chi connectivity index (χ3v) is 2.02. The lowest BCUT2D eigenvalue weighted by Gasteiger charge is -2.25. The van der Waals surface area contributed by atoms with Gasteiger partial charge in [0.1, 0.15) is 0 Å². The van der Waals surface area contributed by atoms with Crippen LogP contribution in [-0.4, -0.2) is 38.6 Å². The van der Waals surface area contributed by atoms with Crippen LogP contribution in [0.2, 0.25) is 0 Å². The van der Waals surface area contributed by atoms with Gasteiger partial charge in [0.05, 0.1) is 0 Å². The van der Waals surface area contributed by atoms with Crippen molar-refractivity contribution in [1.29, 1.82) is 0 Å². The molecule has 0 radical (unpaired) electrons. The van der Waals surface area contributed by atoms with Gasteiger partial charge in [0.2, 0.25) is 0 Å². The number of nitrogens with one attached hydrogen (secondary N) is 1. The van der Waals surface area contributed by atoms with E-state index in [9.17, 15) is 0 Å². The van der Waals surface area contributed by atoms with E-state index in [0.29, 0.717) is 0 Å². The Labute approximate surface area is 77.3 Å². The summed E-state index contributed by atoms with van der Waals surface area (Å²) in [6, 6.07) is 0. The molecule has 0 unspecified atom stereocenters. The lowest BCUT2D eigenvalue weighted by molar-refractivity contribution is 0.276. The smallest absolute Gasteiger partial charge is 0.00157 e. The second-order valence-corrected chi connectivity index (χ2v) is 3.47. The van der Waals surface area contributed by atoms with Crippen LogP contribution in [0.1, 0.15) is 26.7 Å². The SMILES string of the molecule is CC.CN(C)C[C@H]1CCCNC1. The molecular weight excluding hydrogens is 148 g/mol. The van der Waals surface area contributed by atoms with Crippen LogP contribution in [0.15, 0.2) is 0 Å². The van der Waals surface area contributed by atoms with Gasteiger partial charge >= 0.3 is 0 Å². The quantitative estimate of drug-likeness (QED) is 0.680. The predicted molar refractivity (Wildman–Crippen MR) is 55.5 cm³/mol. The fourth-order valence-electron chi connectivity index (χ4n) is 1.60. The van der Waals surface area contributed by atoms with Crippen LogP contribution in [0.25, 0.3) is 0 Å². The highest BCUT2D eigenvalue weighted by molar-refractivity contribution is 4.70. The van der Waals surface area contributed by atoms with Crippen LogP contribution in [0, 0.1) is 5.92 Å². The van der Waals surface area contributed by atoms with Crippen molar-refractivity contribution in [2.75, 3.05) is 33.7 Å². The second kappa shape index (κ2) is 7.56. The van der Waals surface area contributed by atoms with Crippen molar-refractivity contribution in [3.8, 4) is 0 Å². The molecule has 1 N–H and O–H groups in total. The Hall–Kier alpha value is -0.0800. The first-order valence-corrected chi connectivity index (χ1v) is 5.14. The molecule has 1 rings (SSSR count). The van der Waals surface area contributed by atoms with Crippen molar-refractivity contribution >= 4 is 0 Å². The van der Waals surface area contributed by atoms with E-state index in [0.717, 1.165) is 5.92 Å². The first-order chi connectivity index (χ1) is 5.79. The molecule has 1 aliphatic rings. The molecule has 0 aliphatic carbocycles. The average molecular weight is 172 g/mol. The first kappa shape index (κ1) is 11.9. The largest absolute Gasteiger partial charge is 0.316 e. The maximum atomic E-state index is 3.41. The van der Waals surface area contributed by atoms with Gasteiger partial charge in [-0.2, -0.15) is 0 Å². The Bertz CT molecular complexity index is 85.8. The molecule has 12 heavy (non-hydrogen) atoms. The Balaban J connectivity index is 0.000000561. The molecule has 2 nitrogen and oxygen atoms in total. The predicted octanol–water partition coefficient (Wildman–Crippen LogP) is 1.57. The van der Waals surface area contributed by atoms with E-state index in [4.69, 9.17) is 0 Å². The zero-order valence-electron chi connectivity index (χ0n) is 9.06. The van der Waals surface area contributed by atoms with Gasteiger partial charge in [-0.25, -0.2) is 0 Å². The van der Waals surface area contributed by atoms with Gasteiger partial charge in [-0.1, -0.05) is 13.8 Å². The lowest BCUT2D eigenvalue weighted by Crippen LogP contribution is -2.35. The van der Waals surface area contributed by atoms with E-state index >= 15 is 0 Å². The summed E-state index contributed by atoms with van der Waals surface area (Å²) in [6.07, 6.45) is 2.77. The van der Waals surface area contributed by atoms with Gasteiger partial charge in [0.15, 0.2) is 0 Å². The van der Waals surface area contributed by atoms with Crippen molar-refractivity contribution < 1.29 is 0 Å². The Kier molecular flexibility index (Phi) is 7.51. The molecule has 1 saturated heterocycles. The summed E-state index contributed by atoms with van der Waals surface area (Å²) in [4.78, 5) is 2.28. The standard InChI is InChI=1S/C8H18N2.C2H6/c1-10(2)7-8-4-3-5-9-6-8;1-2/h8-9H,3-7H2,1-2H3;1-2H3/t8-;/m0./s1. The van der Waals surface area contributed by atoms with E-state index < -0.39 is 0 Å². The van der Waals surface area contributed by atoms with Crippen LogP contribution in [-0.2, 0) is 0 Å². The van der Waals surface area contributed by atoms with Crippen LogP contribution in [0.3, 0.4) is 0 Å². The third-order valence-electron chi connectivity index (χ3n) is 2.02. The van der Waals surface area contributed by atoms with E-state index in [2.05, 4.69) is 24.3 Å². The van der Waals surface area contributed by atoms with Crippen LogP contribution >= 0.6 is 0 Å². The molecule has 1 heterocycles. The fraction of sp³-hybridized carbons (Fsp3) is 1.00. The fourth-order valence-corrected chi connectivity index (χ4v) is 1.60. The van der Waals surface area contributed by atoms with Crippen molar-refractivity contribution in [3.63, 3.8) is 0 Å². The summed E-state index contributed by atoms with van der Waals surface area (Å²) in [5.74, 6) is 0.892. The maximum absolute atomic E-state index is 3.41. The summed E-state index contributed by atoms with van der Waals surface area (Å²) < 4.78 is 0. The molecule has 0 bridgehead atoms. The highest BCUT2D eigenvalue weighted by atomic mass is 15.1. The van der Waals surface area contributed by atoms with Crippen molar-refractivity contribution in [1.82, 2.24) is 10.2 Å². The number of nitrogens with zero attached hydrogens (tertiary/aromatic N) is 1. The number of hydrogen-bond acceptors (Lipinski definition) is 2. The Morgan fingerprint density at radius 2 is 2.00 bits per heavy atom. The van der Waals surface area contributed by atoms with E-state index in [1.54, 1.807) is 0 Å². The zero-order chi connectivity index (χ0) is 9.40. The summed E-state index contributed by atoms with van der Waals surface area (Å²) in [6.45, 7) is 7.69. The van der Waals surface area contributed by atoms with Gasteiger partial charge in [0, 0.05) is 6.54 Å². The molecule has 0 spiro atoms. The minimum absolute atomic E-state index is 0.892. The molecule has 1 atom stereocenters. The van der Waals surface area contributed by atoms with Crippen LogP contribution in [0.5, 0.6) is 0 Å². The Morgan fingerprint density at radius 3 is 2.42 bits per heavy atom. The molecule has 1 fully saturated rings. The maximum Gasteiger partial charge on any atom is 0.00157 e. The third kappa shape index (κ3) is 5.56. The van der Waals surface area contributed by atoms with Gasteiger partial charge in [-0.3, -0.25) is 0 Å². The molecule has 0 amide bonds. The Morgan fingerprint density at radius 1 is 1.33 bits per heavy atom. The molecule has 1 aliphatic heterocycles. The lowest BCUT2D eigenvalue weighted by atomic mass is 9.99. The van der Waals surface area contributed by atoms with Crippen LogP contribution < -0.4 is 5.32 Å². The average Bonchev–Trinajstić information content (AvgIpc) is 2.08. The summed E-state index contributed by atoms with van der Waals surface area (Å²) in [5.41, 5.74) is 0. The highest BCUT2D eigenvalue weighted by Crippen LogP contribution is 2.09. The summed E-state index contributed by atoms with van der Waals surface area (Å²) in [5, 5.41) is 3.41. The molecule has 0 aromatic rings. The van der Waals surface area contributed by atoms with Crippen molar-refractivity contribution in [3.05, 3.63) is 0 Å². The number of rotatable bonds is 2. The van der Waals surface area contributed by atoms with E-state index in [1.807, 2.05) is 13.8 Å². The van der Waals surface area contributed by atoms with E-state index in [-0.39, 0.29) is 0 Å². The number of piperidine rings is 1. The number of hydrogen-bond donors (Lipinski definition) is 1. The highest BCUT2D eigenvalue weighted by Gasteiger charge is 2.12. The van der Waals surface area contributed by atoms with Gasteiger partial charge in [-0.05, 0) is 45.9 Å². The molecular formula is C10H24N2. The molecule has 0 saturated carbocycles. The minimum atomic E-state index is 0.892. The summed E-state index contributed by atoms with van der Waals surface area (Å²) >= 11 is 0. The second-order valence-electron chi connectivity index (χ2n) is 3.47. The molecule has 0 aromatic carbocycles. The summed E-state index contributed by atoms with van der Waals surface area (Å²) in [7, 11) is 4.29. The molecule has 74 valence electrons. The molecule has 0 aromatic heterocycles. The minimum Gasteiger partial charge on any atom is -0.316 e. The van der Waals surface area contributed by atoms with Gasteiger partial charge in [0.25, 0.3) is 0 Å². The van der Waals surface area contributed by atoms with Crippen molar-refractivity contribution in [2.45, 2.75) is 26.7 Å². The van der Waals surface area contributed by atoms with E-state index in [1.165, 1.54) is 32.5 Å². The topological polar surface area (TPSA) is 15.3 Å². The molecule has 2 heteroatoms. The van der Waals surface area contributed by atoms with Crippen molar-refractivity contribution in [2.24, 2.45) is 5.92 Å². The zero-order valence-corrected chi connectivity index (χ0v) is 9.06. The van der Waals surface area contributed by atoms with Gasteiger partial charge < -0.3 is 10.2 Å².